The molecule has 98 valence electrons. The Balaban J connectivity index is 0.00000256. The number of methoxy groups -OCH3 is 1. The van der Waals surface area contributed by atoms with Crippen molar-refractivity contribution in [2.75, 3.05) is 20.3 Å². The minimum Gasteiger partial charge on any atom is -0.383 e. The molecule has 0 saturated heterocycles. The summed E-state index contributed by atoms with van der Waals surface area (Å²) in [5.74, 6) is 0.475. The first kappa shape index (κ1) is 16.7. The minimum atomic E-state index is 0. The predicted octanol–water partition coefficient (Wildman–Crippen LogP) is 1.98. The number of hydrogen-bond donors (Lipinski definition) is 2. The highest BCUT2D eigenvalue weighted by molar-refractivity contribution is 14.0. The highest BCUT2D eigenvalue weighted by atomic mass is 127. The van der Waals surface area contributed by atoms with Crippen LogP contribution in [0, 0.1) is 0 Å². The standard InChI is InChI=1S/C11H19N3OS.HI/c1-3-9-4-5-10(16-9)8-14-11(12)13-6-7-15-2;/h4-5H,3,6-8H2,1-2H3,(H3,12,13,14);1H. The molecule has 0 unspecified atom stereocenters. The first-order valence-corrected chi connectivity index (χ1v) is 6.18. The van der Waals surface area contributed by atoms with Gasteiger partial charge in [-0.15, -0.1) is 35.3 Å². The molecule has 0 radical (unpaired) electrons. The van der Waals surface area contributed by atoms with E-state index in [1.165, 1.54) is 9.75 Å². The number of hydrogen-bond acceptors (Lipinski definition) is 3. The van der Waals surface area contributed by atoms with Crippen molar-refractivity contribution in [2.45, 2.75) is 19.9 Å². The van der Waals surface area contributed by atoms with Gasteiger partial charge in [-0.1, -0.05) is 6.92 Å². The zero-order valence-electron chi connectivity index (χ0n) is 10.2. The summed E-state index contributed by atoms with van der Waals surface area (Å²) < 4.78 is 4.90. The van der Waals surface area contributed by atoms with Crippen molar-refractivity contribution in [1.82, 2.24) is 5.32 Å². The number of ether oxygens (including phenoxy) is 1. The van der Waals surface area contributed by atoms with Crippen molar-refractivity contribution in [3.63, 3.8) is 0 Å². The molecule has 1 heterocycles. The molecule has 0 bridgehead atoms. The van der Waals surface area contributed by atoms with Crippen LogP contribution in [-0.2, 0) is 17.7 Å². The third kappa shape index (κ3) is 6.85. The third-order valence-electron chi connectivity index (χ3n) is 2.08. The fourth-order valence-electron chi connectivity index (χ4n) is 1.20. The number of guanidine groups is 1. The molecule has 0 aromatic carbocycles. The maximum Gasteiger partial charge on any atom is 0.189 e. The minimum absolute atomic E-state index is 0. The van der Waals surface area contributed by atoms with E-state index in [1.807, 2.05) is 0 Å². The summed E-state index contributed by atoms with van der Waals surface area (Å²) in [5, 5.41) is 2.98. The molecule has 1 aromatic heterocycles. The lowest BCUT2D eigenvalue weighted by atomic mass is 10.4. The maximum atomic E-state index is 5.69. The molecule has 17 heavy (non-hydrogen) atoms. The summed E-state index contributed by atoms with van der Waals surface area (Å²) in [7, 11) is 1.66. The van der Waals surface area contributed by atoms with Crippen molar-refractivity contribution in [1.29, 1.82) is 0 Å². The Morgan fingerprint density at radius 1 is 1.47 bits per heavy atom. The van der Waals surface area contributed by atoms with Gasteiger partial charge in [0.05, 0.1) is 13.2 Å². The molecule has 1 rings (SSSR count). The summed E-state index contributed by atoms with van der Waals surface area (Å²) in [4.78, 5) is 6.88. The van der Waals surface area contributed by atoms with Gasteiger partial charge in [-0.05, 0) is 18.6 Å². The van der Waals surface area contributed by atoms with Crippen LogP contribution in [-0.4, -0.2) is 26.2 Å². The predicted molar refractivity (Wildman–Crippen MR) is 84.3 cm³/mol. The Morgan fingerprint density at radius 2 is 2.18 bits per heavy atom. The molecule has 0 atom stereocenters. The number of rotatable bonds is 6. The summed E-state index contributed by atoms with van der Waals surface area (Å²) in [5.41, 5.74) is 5.69. The van der Waals surface area contributed by atoms with Gasteiger partial charge in [0.1, 0.15) is 0 Å². The van der Waals surface area contributed by atoms with E-state index in [2.05, 4.69) is 29.4 Å². The summed E-state index contributed by atoms with van der Waals surface area (Å²) in [6, 6.07) is 4.25. The van der Waals surface area contributed by atoms with E-state index in [1.54, 1.807) is 18.4 Å². The highest BCUT2D eigenvalue weighted by Gasteiger charge is 1.97. The molecule has 1 aromatic rings. The Morgan fingerprint density at radius 3 is 2.76 bits per heavy atom. The number of thiophene rings is 1. The second-order valence-corrected chi connectivity index (χ2v) is 4.60. The maximum absolute atomic E-state index is 5.69. The summed E-state index contributed by atoms with van der Waals surface area (Å²) in [6.07, 6.45) is 1.08. The topological polar surface area (TPSA) is 59.6 Å². The summed E-state index contributed by atoms with van der Waals surface area (Å²) >= 11 is 1.79. The second-order valence-electron chi connectivity index (χ2n) is 3.34. The zero-order chi connectivity index (χ0) is 11.8. The lowest BCUT2D eigenvalue weighted by Gasteiger charge is -2.03. The molecule has 0 saturated carbocycles. The lowest BCUT2D eigenvalue weighted by Crippen LogP contribution is -2.34. The van der Waals surface area contributed by atoms with Gasteiger partial charge in [-0.3, -0.25) is 0 Å². The number of aryl methyl sites for hydroxylation is 1. The van der Waals surface area contributed by atoms with E-state index < -0.39 is 0 Å². The van der Waals surface area contributed by atoms with Gasteiger partial charge in [0, 0.05) is 23.4 Å². The van der Waals surface area contributed by atoms with E-state index in [-0.39, 0.29) is 24.0 Å². The van der Waals surface area contributed by atoms with Crippen molar-refractivity contribution in [3.05, 3.63) is 21.9 Å². The largest absolute Gasteiger partial charge is 0.383 e. The Bertz CT molecular complexity index is 341. The second kappa shape index (κ2) is 9.67. The number of halogens is 1. The van der Waals surface area contributed by atoms with Gasteiger partial charge in [0.2, 0.25) is 0 Å². The van der Waals surface area contributed by atoms with E-state index in [4.69, 9.17) is 10.5 Å². The van der Waals surface area contributed by atoms with Crippen LogP contribution in [0.1, 0.15) is 16.7 Å². The zero-order valence-corrected chi connectivity index (χ0v) is 13.4. The molecule has 0 spiro atoms. The quantitative estimate of drug-likeness (QED) is 0.349. The fraction of sp³-hybridized carbons (Fsp3) is 0.545. The number of aliphatic imine (C=N–C) groups is 1. The van der Waals surface area contributed by atoms with Gasteiger partial charge >= 0.3 is 0 Å². The van der Waals surface area contributed by atoms with Crippen molar-refractivity contribution >= 4 is 41.3 Å². The SMILES string of the molecule is CCc1ccc(CN=C(N)NCCOC)s1.I. The molecular formula is C11H20IN3OS. The van der Waals surface area contributed by atoms with E-state index in [0.29, 0.717) is 25.7 Å². The van der Waals surface area contributed by atoms with Crippen LogP contribution in [0.25, 0.3) is 0 Å². The molecule has 4 nitrogen and oxygen atoms in total. The van der Waals surface area contributed by atoms with Gasteiger partial charge in [-0.25, -0.2) is 4.99 Å². The normalized spacial score (nSPS) is 11.1. The van der Waals surface area contributed by atoms with E-state index in [9.17, 15) is 0 Å². The van der Waals surface area contributed by atoms with Crippen molar-refractivity contribution in [2.24, 2.45) is 10.7 Å². The van der Waals surface area contributed by atoms with Gasteiger partial charge < -0.3 is 15.8 Å². The van der Waals surface area contributed by atoms with Crippen molar-refractivity contribution < 1.29 is 4.74 Å². The number of nitrogens with zero attached hydrogens (tertiary/aromatic N) is 1. The molecule has 0 fully saturated rings. The first-order chi connectivity index (χ1) is 7.76. The molecule has 0 aliphatic heterocycles. The van der Waals surface area contributed by atoms with Crippen molar-refractivity contribution in [3.8, 4) is 0 Å². The Kier molecular flexibility index (Phi) is 9.47. The average molecular weight is 369 g/mol. The summed E-state index contributed by atoms with van der Waals surface area (Å²) in [6.45, 7) is 4.13. The molecule has 0 aliphatic rings. The number of nitrogens with one attached hydrogen (secondary N) is 1. The van der Waals surface area contributed by atoms with Crippen LogP contribution in [0.15, 0.2) is 17.1 Å². The monoisotopic (exact) mass is 369 g/mol. The molecule has 3 N–H and O–H groups in total. The van der Waals surface area contributed by atoms with Crippen LogP contribution >= 0.6 is 35.3 Å². The van der Waals surface area contributed by atoms with E-state index in [0.717, 1.165) is 6.42 Å². The molecular weight excluding hydrogens is 349 g/mol. The highest BCUT2D eigenvalue weighted by Crippen LogP contribution is 2.17. The van der Waals surface area contributed by atoms with Crippen LogP contribution in [0.5, 0.6) is 0 Å². The molecule has 0 aliphatic carbocycles. The first-order valence-electron chi connectivity index (χ1n) is 5.36. The Labute approximate surface area is 124 Å². The lowest BCUT2D eigenvalue weighted by molar-refractivity contribution is 0.204. The van der Waals surface area contributed by atoms with Crippen LogP contribution in [0.3, 0.4) is 0 Å². The molecule has 6 heteroatoms. The van der Waals surface area contributed by atoms with E-state index >= 15 is 0 Å². The Hall–Kier alpha value is -0.340. The van der Waals surface area contributed by atoms with Crippen LogP contribution < -0.4 is 11.1 Å². The van der Waals surface area contributed by atoms with Gasteiger partial charge in [-0.2, -0.15) is 0 Å². The third-order valence-corrected chi connectivity index (χ3v) is 3.30. The van der Waals surface area contributed by atoms with Crippen LogP contribution in [0.4, 0.5) is 0 Å². The van der Waals surface area contributed by atoms with Crippen LogP contribution in [0.2, 0.25) is 0 Å². The number of nitrogens with two attached hydrogens (primary N) is 1. The van der Waals surface area contributed by atoms with Gasteiger partial charge in [0.15, 0.2) is 5.96 Å². The smallest absolute Gasteiger partial charge is 0.189 e. The average Bonchev–Trinajstić information content (AvgIpc) is 2.74. The molecule has 0 amide bonds. The van der Waals surface area contributed by atoms with Gasteiger partial charge in [0.25, 0.3) is 0 Å². The fourth-order valence-corrected chi connectivity index (χ4v) is 2.08.